The first-order chi connectivity index (χ1) is 10.3. The molecule has 1 unspecified atom stereocenters. The predicted molar refractivity (Wildman–Crippen MR) is 90.2 cm³/mol. The van der Waals surface area contributed by atoms with E-state index in [1.54, 1.807) is 0 Å². The van der Waals surface area contributed by atoms with Crippen LogP contribution in [0.25, 0.3) is 0 Å². The largest absolute Gasteiger partial charge is 0.371 e. The summed E-state index contributed by atoms with van der Waals surface area (Å²) in [7, 11) is 4.21. The first kappa shape index (κ1) is 14.0. The highest BCUT2D eigenvalue weighted by Crippen LogP contribution is 2.32. The first-order valence-electron chi connectivity index (χ1n) is 7.57. The molecule has 1 N–H and O–H groups in total. The molecule has 2 aromatic rings. The number of para-hydroxylation sites is 2. The molecule has 0 amide bonds. The standard InChI is InChI=1S/C18H23N3/c1-19-16(15-8-4-3-5-9-15)14-21-13-12-20(2)17-10-6-7-11-18(17)21/h3-11,16,19H,12-14H2,1-2H3. The maximum atomic E-state index is 3.45. The quantitative estimate of drug-likeness (QED) is 0.929. The van der Waals surface area contributed by atoms with Crippen LogP contribution in [0.15, 0.2) is 54.6 Å². The number of hydrogen-bond donors (Lipinski definition) is 1. The van der Waals surface area contributed by atoms with Crippen LogP contribution in [0.2, 0.25) is 0 Å². The smallest absolute Gasteiger partial charge is 0.0605 e. The van der Waals surface area contributed by atoms with Crippen molar-refractivity contribution >= 4 is 11.4 Å². The molecule has 21 heavy (non-hydrogen) atoms. The Morgan fingerprint density at radius 3 is 2.33 bits per heavy atom. The zero-order valence-electron chi connectivity index (χ0n) is 12.8. The van der Waals surface area contributed by atoms with Crippen molar-refractivity contribution in [1.29, 1.82) is 0 Å². The molecule has 110 valence electrons. The number of rotatable bonds is 4. The van der Waals surface area contributed by atoms with Crippen LogP contribution in [0.5, 0.6) is 0 Å². The summed E-state index contributed by atoms with van der Waals surface area (Å²) in [6.07, 6.45) is 0. The lowest BCUT2D eigenvalue weighted by molar-refractivity contribution is 0.566. The molecule has 3 heteroatoms. The summed E-state index contributed by atoms with van der Waals surface area (Å²) in [5.41, 5.74) is 4.01. The highest BCUT2D eigenvalue weighted by atomic mass is 15.3. The van der Waals surface area contributed by atoms with Gasteiger partial charge in [0.05, 0.1) is 11.4 Å². The summed E-state index contributed by atoms with van der Waals surface area (Å²) < 4.78 is 0. The molecule has 1 heterocycles. The van der Waals surface area contributed by atoms with E-state index in [2.05, 4.69) is 76.8 Å². The fraction of sp³-hybridized carbons (Fsp3) is 0.333. The Bertz CT molecular complexity index is 582. The fourth-order valence-corrected chi connectivity index (χ4v) is 3.02. The van der Waals surface area contributed by atoms with E-state index in [1.165, 1.54) is 16.9 Å². The molecule has 0 saturated carbocycles. The van der Waals surface area contributed by atoms with Crippen LogP contribution >= 0.6 is 0 Å². The summed E-state index contributed by atoms with van der Waals surface area (Å²) in [5, 5.41) is 3.45. The van der Waals surface area contributed by atoms with Gasteiger partial charge in [0.1, 0.15) is 0 Å². The van der Waals surface area contributed by atoms with E-state index in [-0.39, 0.29) is 0 Å². The first-order valence-corrected chi connectivity index (χ1v) is 7.57. The fourth-order valence-electron chi connectivity index (χ4n) is 3.02. The summed E-state index contributed by atoms with van der Waals surface area (Å²) in [5.74, 6) is 0. The van der Waals surface area contributed by atoms with Crippen molar-refractivity contribution in [1.82, 2.24) is 5.32 Å². The molecular formula is C18H23N3. The van der Waals surface area contributed by atoms with Crippen LogP contribution in [-0.4, -0.2) is 33.7 Å². The van der Waals surface area contributed by atoms with E-state index in [4.69, 9.17) is 0 Å². The van der Waals surface area contributed by atoms with E-state index >= 15 is 0 Å². The summed E-state index contributed by atoms with van der Waals surface area (Å²) in [4.78, 5) is 4.83. The van der Waals surface area contributed by atoms with Crippen molar-refractivity contribution in [2.24, 2.45) is 0 Å². The lowest BCUT2D eigenvalue weighted by Crippen LogP contribution is -2.42. The molecule has 0 aromatic heterocycles. The van der Waals surface area contributed by atoms with Crippen molar-refractivity contribution in [3.05, 3.63) is 60.2 Å². The minimum atomic E-state index is 0.350. The molecule has 1 aliphatic heterocycles. The minimum Gasteiger partial charge on any atom is -0.371 e. The van der Waals surface area contributed by atoms with Gasteiger partial charge in [0.25, 0.3) is 0 Å². The Balaban J connectivity index is 1.83. The SMILES string of the molecule is CNC(CN1CCN(C)c2ccccc21)c1ccccc1. The van der Waals surface area contributed by atoms with Crippen LogP contribution in [0.3, 0.4) is 0 Å². The Hall–Kier alpha value is -2.00. The molecule has 0 spiro atoms. The normalized spacial score (nSPS) is 15.7. The molecule has 3 nitrogen and oxygen atoms in total. The van der Waals surface area contributed by atoms with Gasteiger partial charge >= 0.3 is 0 Å². The number of benzene rings is 2. The highest BCUT2D eigenvalue weighted by molar-refractivity contribution is 5.73. The van der Waals surface area contributed by atoms with Crippen molar-refractivity contribution in [2.75, 3.05) is 43.5 Å². The molecule has 0 bridgehead atoms. The van der Waals surface area contributed by atoms with Crippen LogP contribution in [-0.2, 0) is 0 Å². The highest BCUT2D eigenvalue weighted by Gasteiger charge is 2.22. The van der Waals surface area contributed by atoms with E-state index < -0.39 is 0 Å². The van der Waals surface area contributed by atoms with Gasteiger partial charge in [-0.3, -0.25) is 0 Å². The van der Waals surface area contributed by atoms with Crippen LogP contribution in [0.1, 0.15) is 11.6 Å². The van der Waals surface area contributed by atoms with E-state index in [0.717, 1.165) is 19.6 Å². The average molecular weight is 281 g/mol. The second-order valence-electron chi connectivity index (χ2n) is 5.61. The third-order valence-electron chi connectivity index (χ3n) is 4.29. The molecule has 0 radical (unpaired) electrons. The number of anilines is 2. The van der Waals surface area contributed by atoms with E-state index in [1.807, 2.05) is 7.05 Å². The van der Waals surface area contributed by atoms with Gasteiger partial charge in [-0.15, -0.1) is 0 Å². The van der Waals surface area contributed by atoms with Crippen molar-refractivity contribution in [3.8, 4) is 0 Å². The van der Waals surface area contributed by atoms with Gasteiger partial charge in [-0.05, 0) is 24.7 Å². The monoisotopic (exact) mass is 281 g/mol. The Labute approximate surface area is 127 Å². The molecule has 0 saturated heterocycles. The van der Waals surface area contributed by atoms with Crippen LogP contribution in [0.4, 0.5) is 11.4 Å². The number of likely N-dealkylation sites (N-methyl/N-ethyl adjacent to an activating group) is 2. The van der Waals surface area contributed by atoms with Gasteiger partial charge in [0.15, 0.2) is 0 Å². The average Bonchev–Trinajstić information content (AvgIpc) is 2.55. The Kier molecular flexibility index (Phi) is 4.11. The molecule has 0 aliphatic carbocycles. The van der Waals surface area contributed by atoms with Crippen LogP contribution < -0.4 is 15.1 Å². The van der Waals surface area contributed by atoms with Gasteiger partial charge in [0.2, 0.25) is 0 Å². The van der Waals surface area contributed by atoms with Crippen molar-refractivity contribution in [3.63, 3.8) is 0 Å². The molecule has 3 rings (SSSR count). The van der Waals surface area contributed by atoms with Crippen LogP contribution in [0, 0.1) is 0 Å². The maximum absolute atomic E-state index is 3.45. The Morgan fingerprint density at radius 2 is 1.62 bits per heavy atom. The predicted octanol–water partition coefficient (Wildman–Crippen LogP) is 2.90. The van der Waals surface area contributed by atoms with Gasteiger partial charge in [0, 0.05) is 32.7 Å². The second-order valence-corrected chi connectivity index (χ2v) is 5.61. The third kappa shape index (κ3) is 2.88. The summed E-state index contributed by atoms with van der Waals surface area (Å²) >= 11 is 0. The third-order valence-corrected chi connectivity index (χ3v) is 4.29. The number of hydrogen-bond acceptors (Lipinski definition) is 3. The van der Waals surface area contributed by atoms with Crippen molar-refractivity contribution < 1.29 is 0 Å². The topological polar surface area (TPSA) is 18.5 Å². The van der Waals surface area contributed by atoms with E-state index in [9.17, 15) is 0 Å². The zero-order chi connectivity index (χ0) is 14.7. The number of nitrogens with zero attached hydrogens (tertiary/aromatic N) is 2. The molecule has 1 aliphatic rings. The molecule has 0 fully saturated rings. The van der Waals surface area contributed by atoms with E-state index in [0.29, 0.717) is 6.04 Å². The maximum Gasteiger partial charge on any atom is 0.0605 e. The van der Waals surface area contributed by atoms with Gasteiger partial charge < -0.3 is 15.1 Å². The van der Waals surface area contributed by atoms with Gasteiger partial charge in [-0.2, -0.15) is 0 Å². The molecule has 1 atom stereocenters. The van der Waals surface area contributed by atoms with Gasteiger partial charge in [-0.25, -0.2) is 0 Å². The van der Waals surface area contributed by atoms with Gasteiger partial charge in [-0.1, -0.05) is 42.5 Å². The number of fused-ring (bicyclic) bond motifs is 1. The lowest BCUT2D eigenvalue weighted by atomic mass is 10.1. The molecule has 2 aromatic carbocycles. The number of nitrogens with one attached hydrogen (secondary N) is 1. The minimum absolute atomic E-state index is 0.350. The summed E-state index contributed by atoms with van der Waals surface area (Å²) in [6.45, 7) is 3.13. The lowest BCUT2D eigenvalue weighted by Gasteiger charge is -2.38. The van der Waals surface area contributed by atoms with Crippen molar-refractivity contribution in [2.45, 2.75) is 6.04 Å². The Morgan fingerprint density at radius 1 is 0.952 bits per heavy atom. The molecular weight excluding hydrogens is 258 g/mol. The summed E-state index contributed by atoms with van der Waals surface area (Å²) in [6, 6.07) is 19.7. The zero-order valence-corrected chi connectivity index (χ0v) is 12.8. The second kappa shape index (κ2) is 6.19.